The Morgan fingerprint density at radius 2 is 1.60 bits per heavy atom. The maximum Gasteiger partial charge on any atom is 0.418 e. The van der Waals surface area contributed by atoms with Crippen LogP contribution in [0.2, 0.25) is 0 Å². The second-order valence-electron chi connectivity index (χ2n) is 10.9. The standard InChI is InChI=1S/C32H37F3N4O4/c33-32(34,35)28-22-25(13-14-29(28)36)39(23-30(40)41)19-17-38(18-20-39)16-7-2-1-6-15-37-31(42)24-9-8-12-27(21-24)43-26-10-4-3-5-11-26/h3-5,8-14,21-22H,1-2,6-7,15-20,23,36H2,(H-,37,40,41,42)/p+1. The van der Waals surface area contributed by atoms with Crippen LogP contribution in [-0.2, 0) is 11.0 Å². The fourth-order valence-corrected chi connectivity index (χ4v) is 5.41. The Morgan fingerprint density at radius 3 is 2.30 bits per heavy atom. The van der Waals surface area contributed by atoms with E-state index < -0.39 is 17.7 Å². The van der Waals surface area contributed by atoms with Gasteiger partial charge in [-0.25, -0.2) is 4.79 Å². The molecule has 0 radical (unpaired) electrons. The van der Waals surface area contributed by atoms with Crippen LogP contribution < -0.4 is 20.3 Å². The van der Waals surface area contributed by atoms with E-state index in [1.54, 1.807) is 24.3 Å². The zero-order chi connectivity index (χ0) is 30.9. The van der Waals surface area contributed by atoms with Gasteiger partial charge in [0, 0.05) is 43.0 Å². The van der Waals surface area contributed by atoms with Crippen LogP contribution in [0.15, 0.2) is 72.8 Å². The van der Waals surface area contributed by atoms with Crippen molar-refractivity contribution in [1.29, 1.82) is 0 Å². The molecular formula is C32H38F3N4O4+. The van der Waals surface area contributed by atoms with Crippen LogP contribution in [0.25, 0.3) is 0 Å². The van der Waals surface area contributed by atoms with Crippen LogP contribution in [0.5, 0.6) is 11.5 Å². The van der Waals surface area contributed by atoms with Gasteiger partial charge in [-0.3, -0.25) is 14.2 Å². The van der Waals surface area contributed by atoms with Gasteiger partial charge in [0.2, 0.25) is 0 Å². The average Bonchev–Trinajstić information content (AvgIpc) is 2.97. The lowest BCUT2D eigenvalue weighted by Gasteiger charge is -2.43. The monoisotopic (exact) mass is 599 g/mol. The van der Waals surface area contributed by atoms with Gasteiger partial charge < -0.3 is 20.9 Å². The number of piperazine rings is 1. The molecule has 230 valence electrons. The Morgan fingerprint density at radius 1 is 0.907 bits per heavy atom. The lowest BCUT2D eigenvalue weighted by atomic mass is 10.1. The number of carboxylic acid groups (broad SMARTS) is 1. The molecule has 3 aromatic rings. The topological polar surface area (TPSA) is 105 Å². The first-order valence-corrected chi connectivity index (χ1v) is 14.4. The summed E-state index contributed by atoms with van der Waals surface area (Å²) in [5.74, 6) is 0.0806. The van der Waals surface area contributed by atoms with Gasteiger partial charge in [-0.15, -0.1) is 0 Å². The molecule has 0 aromatic heterocycles. The van der Waals surface area contributed by atoms with Crippen LogP contribution in [0.1, 0.15) is 41.6 Å². The molecule has 0 bridgehead atoms. The number of hydrogen-bond donors (Lipinski definition) is 3. The quantitative estimate of drug-likeness (QED) is 0.131. The van der Waals surface area contributed by atoms with Gasteiger partial charge in [0.05, 0.1) is 18.7 Å². The number of amides is 1. The summed E-state index contributed by atoms with van der Waals surface area (Å²) in [4.78, 5) is 26.5. The van der Waals surface area contributed by atoms with Gasteiger partial charge in [0.1, 0.15) is 17.2 Å². The fourth-order valence-electron chi connectivity index (χ4n) is 5.41. The Balaban J connectivity index is 1.17. The van der Waals surface area contributed by atoms with Crippen molar-refractivity contribution in [3.63, 3.8) is 0 Å². The van der Waals surface area contributed by atoms with E-state index in [9.17, 15) is 27.9 Å². The number of rotatable bonds is 13. The smallest absolute Gasteiger partial charge is 0.418 e. The van der Waals surface area contributed by atoms with Crippen molar-refractivity contribution in [2.45, 2.75) is 31.9 Å². The van der Waals surface area contributed by atoms with Gasteiger partial charge in [-0.1, -0.05) is 37.1 Å². The van der Waals surface area contributed by atoms with E-state index in [-0.39, 0.29) is 22.6 Å². The second-order valence-corrected chi connectivity index (χ2v) is 10.9. The minimum atomic E-state index is -4.61. The van der Waals surface area contributed by atoms with Crippen molar-refractivity contribution in [3.05, 3.63) is 83.9 Å². The molecule has 0 aliphatic carbocycles. The summed E-state index contributed by atoms with van der Waals surface area (Å²) in [6.07, 6.45) is -0.930. The zero-order valence-corrected chi connectivity index (χ0v) is 24.0. The van der Waals surface area contributed by atoms with Crippen molar-refractivity contribution < 1.29 is 32.6 Å². The number of alkyl halides is 3. The van der Waals surface area contributed by atoms with E-state index in [4.69, 9.17) is 10.5 Å². The largest absolute Gasteiger partial charge is 0.477 e. The number of ether oxygens (including phenoxy) is 1. The minimum absolute atomic E-state index is 0.0455. The van der Waals surface area contributed by atoms with Gasteiger partial charge in [-0.05, 0) is 55.8 Å². The number of para-hydroxylation sites is 1. The molecule has 4 rings (SSSR count). The molecule has 1 aliphatic heterocycles. The Kier molecular flexibility index (Phi) is 10.7. The maximum absolute atomic E-state index is 13.5. The third-order valence-corrected chi connectivity index (χ3v) is 7.78. The molecule has 1 amide bonds. The van der Waals surface area contributed by atoms with E-state index in [1.165, 1.54) is 12.1 Å². The number of halogens is 3. The Bertz CT molecular complexity index is 1380. The molecule has 11 heteroatoms. The molecule has 1 heterocycles. The number of nitrogens with one attached hydrogen (secondary N) is 1. The number of hydrogen-bond acceptors (Lipinski definition) is 5. The molecule has 1 saturated heterocycles. The number of unbranched alkanes of at least 4 members (excludes halogenated alkanes) is 3. The molecule has 43 heavy (non-hydrogen) atoms. The molecule has 0 saturated carbocycles. The number of carbonyl (C=O) groups excluding carboxylic acids is 1. The first-order valence-electron chi connectivity index (χ1n) is 14.4. The molecule has 3 aromatic carbocycles. The van der Waals surface area contributed by atoms with Gasteiger partial charge in [-0.2, -0.15) is 13.2 Å². The molecule has 8 nitrogen and oxygen atoms in total. The third-order valence-electron chi connectivity index (χ3n) is 7.78. The molecule has 1 aliphatic rings. The number of nitrogens with two attached hydrogens (primary N) is 1. The molecule has 1 fully saturated rings. The number of aliphatic carboxylic acids is 1. The zero-order valence-electron chi connectivity index (χ0n) is 24.0. The van der Waals surface area contributed by atoms with E-state index >= 15 is 0 Å². The van der Waals surface area contributed by atoms with Crippen molar-refractivity contribution in [3.8, 4) is 11.5 Å². The maximum atomic E-state index is 13.5. The van der Waals surface area contributed by atoms with E-state index in [0.29, 0.717) is 55.5 Å². The van der Waals surface area contributed by atoms with Gasteiger partial charge in [0.15, 0.2) is 6.54 Å². The first-order chi connectivity index (χ1) is 20.6. The van der Waals surface area contributed by atoms with Crippen LogP contribution in [0.3, 0.4) is 0 Å². The first kappa shape index (κ1) is 31.8. The number of quaternary nitrogens is 1. The highest BCUT2D eigenvalue weighted by atomic mass is 19.4. The Hall–Kier alpha value is -4.09. The SMILES string of the molecule is Nc1ccc([N+]2(CC(=O)O)CCN(CCCCCCNC(=O)c3cccc(Oc4ccccc4)c3)CC2)cc1C(F)(F)F. The van der Waals surface area contributed by atoms with Crippen molar-refractivity contribution >= 4 is 23.3 Å². The lowest BCUT2D eigenvalue weighted by molar-refractivity contribution is -0.138. The lowest BCUT2D eigenvalue weighted by Crippen LogP contribution is -2.62. The van der Waals surface area contributed by atoms with E-state index in [1.807, 2.05) is 30.3 Å². The highest BCUT2D eigenvalue weighted by Gasteiger charge is 2.40. The highest BCUT2D eigenvalue weighted by molar-refractivity contribution is 5.94. The number of carboxylic acids is 1. The molecule has 0 atom stereocenters. The van der Waals surface area contributed by atoms with Crippen molar-refractivity contribution in [2.75, 3.05) is 51.5 Å². The number of carbonyl (C=O) groups is 2. The van der Waals surface area contributed by atoms with Crippen molar-refractivity contribution in [2.24, 2.45) is 0 Å². The van der Waals surface area contributed by atoms with Gasteiger partial charge >= 0.3 is 12.1 Å². The van der Waals surface area contributed by atoms with Crippen LogP contribution in [0.4, 0.5) is 24.5 Å². The number of anilines is 1. The molecule has 0 spiro atoms. The van der Waals surface area contributed by atoms with Gasteiger partial charge in [0.25, 0.3) is 5.91 Å². The molecular weight excluding hydrogens is 561 g/mol. The normalized spacial score (nSPS) is 15.1. The fraction of sp³-hybridized carbons (Fsp3) is 0.375. The minimum Gasteiger partial charge on any atom is -0.477 e. The second kappa shape index (κ2) is 14.4. The number of nitrogen functional groups attached to an aromatic ring is 1. The number of benzene rings is 3. The van der Waals surface area contributed by atoms with Crippen LogP contribution >= 0.6 is 0 Å². The predicted octanol–water partition coefficient (Wildman–Crippen LogP) is 5.78. The summed E-state index contributed by atoms with van der Waals surface area (Å²) in [6, 6.07) is 20.1. The summed E-state index contributed by atoms with van der Waals surface area (Å²) in [7, 11) is 0. The molecule has 0 unspecified atom stereocenters. The third kappa shape index (κ3) is 8.95. The van der Waals surface area contributed by atoms with E-state index in [0.717, 1.165) is 38.3 Å². The predicted molar refractivity (Wildman–Crippen MR) is 160 cm³/mol. The molecule has 4 N–H and O–H groups in total. The summed E-state index contributed by atoms with van der Waals surface area (Å²) in [5.41, 5.74) is 5.11. The summed E-state index contributed by atoms with van der Waals surface area (Å²) in [5, 5.41) is 12.5. The van der Waals surface area contributed by atoms with Crippen LogP contribution in [0, 0.1) is 0 Å². The average molecular weight is 600 g/mol. The highest BCUT2D eigenvalue weighted by Crippen LogP contribution is 2.38. The van der Waals surface area contributed by atoms with Crippen molar-refractivity contribution in [1.82, 2.24) is 14.7 Å². The summed E-state index contributed by atoms with van der Waals surface area (Å²) >= 11 is 0. The van der Waals surface area contributed by atoms with E-state index in [2.05, 4.69) is 10.2 Å². The Labute approximate surface area is 249 Å². The van der Waals surface area contributed by atoms with Crippen LogP contribution in [-0.4, -0.2) is 67.7 Å². The summed E-state index contributed by atoms with van der Waals surface area (Å²) in [6.45, 7) is 3.07. The summed E-state index contributed by atoms with van der Waals surface area (Å²) < 4.78 is 46.1. The number of nitrogens with zero attached hydrogens (tertiary/aromatic N) is 2.